The highest BCUT2D eigenvalue weighted by Crippen LogP contribution is 2.33. The summed E-state index contributed by atoms with van der Waals surface area (Å²) in [5.41, 5.74) is 2.18. The second kappa shape index (κ2) is 6.00. The molecule has 136 valence electrons. The van der Waals surface area contributed by atoms with Gasteiger partial charge in [0.05, 0.1) is 11.4 Å². The Bertz CT molecular complexity index is 1210. The van der Waals surface area contributed by atoms with Gasteiger partial charge in [-0.05, 0) is 36.1 Å². The van der Waals surface area contributed by atoms with Crippen LogP contribution in [-0.4, -0.2) is 29.7 Å². The number of rotatable bonds is 3. The molecule has 0 N–H and O–H groups in total. The number of carbonyl (C=O) groups excluding carboxylic acids is 2. The molecule has 0 radical (unpaired) electrons. The number of imide groups is 1. The summed E-state index contributed by atoms with van der Waals surface area (Å²) in [6, 6.07) is 14.4. The van der Waals surface area contributed by atoms with Gasteiger partial charge in [0, 0.05) is 16.5 Å². The van der Waals surface area contributed by atoms with Gasteiger partial charge in [-0.25, -0.2) is 8.42 Å². The summed E-state index contributed by atoms with van der Waals surface area (Å²) in [4.78, 5) is 26.5. The lowest BCUT2D eigenvalue weighted by Crippen LogP contribution is -2.39. The van der Waals surface area contributed by atoms with Crippen LogP contribution in [0, 0.1) is 6.92 Å². The minimum atomic E-state index is -4.74. The van der Waals surface area contributed by atoms with E-state index in [1.165, 1.54) is 6.07 Å². The highest BCUT2D eigenvalue weighted by Gasteiger charge is 2.33. The molecule has 0 fully saturated rings. The SMILES string of the molecule is Cc1ccc(CN2C(=O)c3cccc4cc(S(=O)(=O)[O-])cc(c34)C2=O)cc1. The molecule has 1 aliphatic heterocycles. The van der Waals surface area contributed by atoms with Crippen LogP contribution < -0.4 is 0 Å². The van der Waals surface area contributed by atoms with E-state index >= 15 is 0 Å². The van der Waals surface area contributed by atoms with Crippen LogP contribution in [0.15, 0.2) is 59.5 Å². The average Bonchev–Trinajstić information content (AvgIpc) is 2.63. The fraction of sp³-hybridized carbons (Fsp3) is 0.100. The van der Waals surface area contributed by atoms with E-state index in [0.717, 1.165) is 22.1 Å². The topological polar surface area (TPSA) is 94.6 Å². The fourth-order valence-electron chi connectivity index (χ4n) is 3.29. The van der Waals surface area contributed by atoms with E-state index in [1.54, 1.807) is 18.2 Å². The van der Waals surface area contributed by atoms with E-state index < -0.39 is 26.8 Å². The normalized spacial score (nSPS) is 14.1. The van der Waals surface area contributed by atoms with Gasteiger partial charge < -0.3 is 4.55 Å². The predicted molar refractivity (Wildman–Crippen MR) is 97.3 cm³/mol. The monoisotopic (exact) mass is 380 g/mol. The van der Waals surface area contributed by atoms with Gasteiger partial charge in [-0.15, -0.1) is 0 Å². The van der Waals surface area contributed by atoms with Crippen molar-refractivity contribution in [3.8, 4) is 0 Å². The average molecular weight is 380 g/mol. The molecule has 3 aromatic carbocycles. The molecule has 2 amide bonds. The van der Waals surface area contributed by atoms with Gasteiger partial charge >= 0.3 is 0 Å². The molecule has 0 spiro atoms. The number of nitrogens with zero attached hydrogens (tertiary/aromatic N) is 1. The van der Waals surface area contributed by atoms with Crippen molar-refractivity contribution in [1.29, 1.82) is 0 Å². The largest absolute Gasteiger partial charge is 0.744 e. The highest BCUT2D eigenvalue weighted by atomic mass is 32.2. The predicted octanol–water partition coefficient (Wildman–Crippen LogP) is 2.85. The summed E-state index contributed by atoms with van der Waals surface area (Å²) >= 11 is 0. The van der Waals surface area contributed by atoms with Crippen LogP contribution in [0.4, 0.5) is 0 Å². The minimum absolute atomic E-state index is 0.0456. The molecule has 1 heterocycles. The molecule has 0 aromatic heterocycles. The first-order valence-electron chi connectivity index (χ1n) is 8.20. The van der Waals surface area contributed by atoms with E-state index in [2.05, 4.69) is 0 Å². The van der Waals surface area contributed by atoms with Gasteiger partial charge in [0.1, 0.15) is 10.1 Å². The third-order valence-electron chi connectivity index (χ3n) is 4.65. The van der Waals surface area contributed by atoms with E-state index in [4.69, 9.17) is 0 Å². The first kappa shape index (κ1) is 17.4. The first-order chi connectivity index (χ1) is 12.8. The van der Waals surface area contributed by atoms with Crippen molar-refractivity contribution in [3.63, 3.8) is 0 Å². The smallest absolute Gasteiger partial charge is 0.261 e. The third-order valence-corrected chi connectivity index (χ3v) is 5.46. The lowest BCUT2D eigenvalue weighted by atomic mass is 9.93. The quantitative estimate of drug-likeness (QED) is 0.514. The number of amides is 2. The minimum Gasteiger partial charge on any atom is -0.744 e. The summed E-state index contributed by atoms with van der Waals surface area (Å²) in [6.45, 7) is 1.99. The van der Waals surface area contributed by atoms with Crippen LogP contribution >= 0.6 is 0 Å². The Morgan fingerprint density at radius 2 is 1.59 bits per heavy atom. The standard InChI is InChI=1S/C20H15NO5S/c1-12-5-7-13(8-6-12)11-21-19(22)16-4-2-3-14-9-15(27(24,25)26)10-17(18(14)16)20(21)23/h2-10H,11H2,1H3,(H,24,25,26)/p-1. The maximum absolute atomic E-state index is 13.0. The molecule has 0 bridgehead atoms. The second-order valence-electron chi connectivity index (χ2n) is 6.51. The van der Waals surface area contributed by atoms with Crippen molar-refractivity contribution in [2.24, 2.45) is 0 Å². The molecule has 0 unspecified atom stereocenters. The van der Waals surface area contributed by atoms with Crippen molar-refractivity contribution in [3.05, 3.63) is 76.9 Å². The summed E-state index contributed by atoms with van der Waals surface area (Å²) in [7, 11) is -4.74. The molecule has 0 saturated heterocycles. The van der Waals surface area contributed by atoms with E-state index in [0.29, 0.717) is 16.3 Å². The number of carbonyl (C=O) groups is 2. The van der Waals surface area contributed by atoms with Gasteiger partial charge in [0.2, 0.25) is 0 Å². The van der Waals surface area contributed by atoms with Gasteiger partial charge in [0.25, 0.3) is 11.8 Å². The van der Waals surface area contributed by atoms with Crippen LogP contribution in [0.25, 0.3) is 10.8 Å². The fourth-order valence-corrected chi connectivity index (χ4v) is 3.83. The maximum atomic E-state index is 13.0. The molecule has 0 atom stereocenters. The van der Waals surface area contributed by atoms with Crippen LogP contribution in [0.5, 0.6) is 0 Å². The third kappa shape index (κ3) is 2.90. The van der Waals surface area contributed by atoms with Gasteiger partial charge in [-0.1, -0.05) is 42.0 Å². The Morgan fingerprint density at radius 3 is 2.26 bits per heavy atom. The number of hydrogen-bond acceptors (Lipinski definition) is 5. The molecule has 6 nitrogen and oxygen atoms in total. The van der Waals surface area contributed by atoms with Crippen LogP contribution in [0.1, 0.15) is 31.8 Å². The molecule has 3 aromatic rings. The van der Waals surface area contributed by atoms with Gasteiger partial charge in [-0.2, -0.15) is 0 Å². The lowest BCUT2D eigenvalue weighted by Gasteiger charge is -2.28. The summed E-state index contributed by atoms with van der Waals surface area (Å²) in [5.74, 6) is -1.06. The molecule has 27 heavy (non-hydrogen) atoms. The van der Waals surface area contributed by atoms with Gasteiger partial charge in [-0.3, -0.25) is 14.5 Å². The van der Waals surface area contributed by atoms with E-state index in [-0.39, 0.29) is 12.1 Å². The molecular weight excluding hydrogens is 366 g/mol. The Hall–Kier alpha value is -3.03. The number of benzene rings is 3. The highest BCUT2D eigenvalue weighted by molar-refractivity contribution is 7.85. The maximum Gasteiger partial charge on any atom is 0.261 e. The summed E-state index contributed by atoms with van der Waals surface area (Å²) < 4.78 is 34.4. The van der Waals surface area contributed by atoms with Crippen molar-refractivity contribution in [2.75, 3.05) is 0 Å². The summed E-state index contributed by atoms with van der Waals surface area (Å²) in [6.07, 6.45) is 0. The van der Waals surface area contributed by atoms with Crippen LogP contribution in [-0.2, 0) is 16.7 Å². The Labute approximate surface area is 155 Å². The first-order valence-corrected chi connectivity index (χ1v) is 9.61. The van der Waals surface area contributed by atoms with Gasteiger partial charge in [0.15, 0.2) is 0 Å². The Kier molecular flexibility index (Phi) is 3.87. The zero-order valence-electron chi connectivity index (χ0n) is 14.3. The molecule has 1 aliphatic rings. The zero-order chi connectivity index (χ0) is 19.3. The number of hydrogen-bond donors (Lipinski definition) is 0. The lowest BCUT2D eigenvalue weighted by molar-refractivity contribution is 0.0598. The Morgan fingerprint density at radius 1 is 0.926 bits per heavy atom. The molecule has 4 rings (SSSR count). The second-order valence-corrected chi connectivity index (χ2v) is 7.89. The molecular formula is C20H14NO5S-. The number of aryl methyl sites for hydroxylation is 1. The van der Waals surface area contributed by atoms with Crippen molar-refractivity contribution in [2.45, 2.75) is 18.4 Å². The van der Waals surface area contributed by atoms with E-state index in [1.807, 2.05) is 31.2 Å². The molecule has 0 aliphatic carbocycles. The Balaban J connectivity index is 1.88. The summed E-state index contributed by atoms with van der Waals surface area (Å²) in [5, 5.41) is 0.746. The van der Waals surface area contributed by atoms with Crippen LogP contribution in [0.2, 0.25) is 0 Å². The molecule has 7 heteroatoms. The zero-order valence-corrected chi connectivity index (χ0v) is 15.1. The van der Waals surface area contributed by atoms with Crippen molar-refractivity contribution < 1.29 is 22.6 Å². The van der Waals surface area contributed by atoms with Crippen molar-refractivity contribution >= 4 is 32.7 Å². The molecule has 0 saturated carbocycles. The van der Waals surface area contributed by atoms with Crippen molar-refractivity contribution in [1.82, 2.24) is 4.90 Å². The van der Waals surface area contributed by atoms with Crippen LogP contribution in [0.3, 0.4) is 0 Å². The van der Waals surface area contributed by atoms with E-state index in [9.17, 15) is 22.6 Å².